The lowest BCUT2D eigenvalue weighted by Crippen LogP contribution is -2.53. The van der Waals surface area contributed by atoms with Crippen molar-refractivity contribution in [3.8, 4) is 11.5 Å². The van der Waals surface area contributed by atoms with Gasteiger partial charge in [0.25, 0.3) is 10.0 Å². The zero-order chi connectivity index (χ0) is 33.4. The van der Waals surface area contributed by atoms with Gasteiger partial charge in [0.05, 0.1) is 10.6 Å². The van der Waals surface area contributed by atoms with Crippen LogP contribution in [-0.4, -0.2) is 43.8 Å². The molecule has 0 aliphatic heterocycles. The van der Waals surface area contributed by atoms with E-state index in [1.807, 2.05) is 39.0 Å². The standard InChI is InChI=1S/C35H37Cl2N3O5S/c1-5-33(35(42)38-24(2)3)39(22-30-31(36)12-9-13-32(30)37)34(41)23-40(46(43,44)29-20-14-25(4)15-21-29)26-16-18-28(19-17-26)45-27-10-7-6-8-11-27/h6-21,24,33H,5,22-23H2,1-4H3,(H,38,42)/t33-/m0/s1. The summed E-state index contributed by atoms with van der Waals surface area (Å²) in [5.41, 5.74) is 1.57. The third-order valence-electron chi connectivity index (χ3n) is 7.20. The second-order valence-corrected chi connectivity index (χ2v) is 13.7. The number of nitrogens with one attached hydrogen (secondary N) is 1. The number of hydrogen-bond acceptors (Lipinski definition) is 5. The predicted molar refractivity (Wildman–Crippen MR) is 183 cm³/mol. The molecule has 0 fully saturated rings. The molecule has 4 rings (SSSR count). The van der Waals surface area contributed by atoms with Crippen LogP contribution < -0.4 is 14.4 Å². The minimum absolute atomic E-state index is 0.0146. The zero-order valence-corrected chi connectivity index (χ0v) is 28.4. The second kappa shape index (κ2) is 15.5. The zero-order valence-electron chi connectivity index (χ0n) is 26.1. The number of para-hydroxylation sites is 1. The molecule has 0 bridgehead atoms. The van der Waals surface area contributed by atoms with Crippen LogP contribution in [0.4, 0.5) is 5.69 Å². The van der Waals surface area contributed by atoms with Gasteiger partial charge in [-0.15, -0.1) is 0 Å². The molecular weight excluding hydrogens is 645 g/mol. The Hall–Kier alpha value is -4.05. The van der Waals surface area contributed by atoms with Gasteiger partial charge in [-0.3, -0.25) is 13.9 Å². The highest BCUT2D eigenvalue weighted by Crippen LogP contribution is 2.30. The minimum atomic E-state index is -4.24. The van der Waals surface area contributed by atoms with Crippen LogP contribution in [0.15, 0.2) is 102 Å². The number of halogens is 2. The maximum Gasteiger partial charge on any atom is 0.264 e. The van der Waals surface area contributed by atoms with Crippen molar-refractivity contribution < 1.29 is 22.7 Å². The number of hydrogen-bond donors (Lipinski definition) is 1. The molecule has 8 nitrogen and oxygen atoms in total. The SMILES string of the molecule is CC[C@@H](C(=O)NC(C)C)N(Cc1c(Cl)cccc1Cl)C(=O)CN(c1ccc(Oc2ccccc2)cc1)S(=O)(=O)c1ccc(C)cc1. The quantitative estimate of drug-likeness (QED) is 0.157. The fourth-order valence-electron chi connectivity index (χ4n) is 4.83. The molecule has 0 saturated heterocycles. The lowest BCUT2D eigenvalue weighted by atomic mass is 10.1. The molecule has 11 heteroatoms. The van der Waals surface area contributed by atoms with E-state index in [9.17, 15) is 18.0 Å². The molecule has 0 saturated carbocycles. The van der Waals surface area contributed by atoms with E-state index in [4.69, 9.17) is 27.9 Å². The van der Waals surface area contributed by atoms with E-state index < -0.39 is 28.5 Å². The van der Waals surface area contributed by atoms with Gasteiger partial charge in [0, 0.05) is 28.2 Å². The van der Waals surface area contributed by atoms with Crippen molar-refractivity contribution in [2.45, 2.75) is 57.6 Å². The first-order valence-corrected chi connectivity index (χ1v) is 17.1. The molecule has 0 radical (unpaired) electrons. The number of sulfonamides is 1. The molecule has 0 unspecified atom stereocenters. The molecule has 0 aliphatic rings. The van der Waals surface area contributed by atoms with E-state index in [2.05, 4.69) is 5.32 Å². The van der Waals surface area contributed by atoms with E-state index >= 15 is 0 Å². The van der Waals surface area contributed by atoms with Crippen molar-refractivity contribution in [1.29, 1.82) is 0 Å². The van der Waals surface area contributed by atoms with Crippen LogP contribution in [-0.2, 0) is 26.2 Å². The first-order chi connectivity index (χ1) is 21.9. The molecule has 0 aliphatic carbocycles. The van der Waals surface area contributed by atoms with Crippen LogP contribution in [0.2, 0.25) is 10.0 Å². The van der Waals surface area contributed by atoms with Gasteiger partial charge in [0.15, 0.2) is 0 Å². The van der Waals surface area contributed by atoms with Gasteiger partial charge in [0.1, 0.15) is 24.1 Å². The Morgan fingerprint density at radius 1 is 0.826 bits per heavy atom. The first-order valence-electron chi connectivity index (χ1n) is 14.9. The average molecular weight is 683 g/mol. The summed E-state index contributed by atoms with van der Waals surface area (Å²) in [5.74, 6) is 0.125. The Morgan fingerprint density at radius 3 is 1.98 bits per heavy atom. The van der Waals surface area contributed by atoms with Gasteiger partial charge in [-0.05, 0) is 87.9 Å². The van der Waals surface area contributed by atoms with Crippen molar-refractivity contribution >= 4 is 50.7 Å². The monoisotopic (exact) mass is 681 g/mol. The van der Waals surface area contributed by atoms with Crippen LogP contribution in [0, 0.1) is 6.92 Å². The topological polar surface area (TPSA) is 96.0 Å². The molecule has 1 atom stereocenters. The number of carbonyl (C=O) groups is 2. The van der Waals surface area contributed by atoms with Crippen molar-refractivity contribution in [3.63, 3.8) is 0 Å². The molecule has 0 spiro atoms. The maximum absolute atomic E-state index is 14.3. The summed E-state index contributed by atoms with van der Waals surface area (Å²) in [5, 5.41) is 3.52. The van der Waals surface area contributed by atoms with Gasteiger partial charge in [0.2, 0.25) is 11.8 Å². The third kappa shape index (κ3) is 8.60. The van der Waals surface area contributed by atoms with Crippen molar-refractivity contribution in [1.82, 2.24) is 10.2 Å². The summed E-state index contributed by atoms with van der Waals surface area (Å²) in [4.78, 5) is 29.0. The summed E-state index contributed by atoms with van der Waals surface area (Å²) >= 11 is 13.0. The molecule has 46 heavy (non-hydrogen) atoms. The Morgan fingerprint density at radius 2 is 1.41 bits per heavy atom. The number of anilines is 1. The maximum atomic E-state index is 14.3. The molecule has 0 heterocycles. The van der Waals surface area contributed by atoms with E-state index in [1.165, 1.54) is 17.0 Å². The fourth-order valence-corrected chi connectivity index (χ4v) is 6.76. The van der Waals surface area contributed by atoms with Crippen molar-refractivity contribution in [2.75, 3.05) is 10.8 Å². The molecule has 242 valence electrons. The Kier molecular flexibility index (Phi) is 11.7. The largest absolute Gasteiger partial charge is 0.457 e. The lowest BCUT2D eigenvalue weighted by molar-refractivity contribution is -0.140. The summed E-state index contributed by atoms with van der Waals surface area (Å²) < 4.78 is 35.3. The van der Waals surface area contributed by atoms with E-state index in [1.54, 1.807) is 73.7 Å². The fraction of sp³-hybridized carbons (Fsp3) is 0.257. The molecule has 1 N–H and O–H groups in total. The first kappa shape index (κ1) is 34.8. The molecule has 0 aromatic heterocycles. The van der Waals surface area contributed by atoms with E-state index in [0.717, 1.165) is 9.87 Å². The van der Waals surface area contributed by atoms with Gasteiger partial charge >= 0.3 is 0 Å². The number of amides is 2. The summed E-state index contributed by atoms with van der Waals surface area (Å²) in [6.07, 6.45) is 0.266. The Balaban J connectivity index is 1.76. The number of carbonyl (C=O) groups excluding carboxylic acids is 2. The van der Waals surface area contributed by atoms with Crippen LogP contribution in [0.1, 0.15) is 38.3 Å². The van der Waals surface area contributed by atoms with Gasteiger partial charge in [-0.2, -0.15) is 0 Å². The summed E-state index contributed by atoms with van der Waals surface area (Å²) in [6, 6.07) is 25.9. The van der Waals surface area contributed by atoms with Crippen molar-refractivity contribution in [3.05, 3.63) is 118 Å². The molecule has 4 aromatic rings. The summed E-state index contributed by atoms with van der Waals surface area (Å²) in [7, 11) is -4.24. The Bertz CT molecular complexity index is 1730. The highest BCUT2D eigenvalue weighted by atomic mass is 35.5. The van der Waals surface area contributed by atoms with E-state index in [0.29, 0.717) is 27.1 Å². The smallest absolute Gasteiger partial charge is 0.264 e. The highest BCUT2D eigenvalue weighted by molar-refractivity contribution is 7.92. The van der Waals surface area contributed by atoms with Crippen molar-refractivity contribution in [2.24, 2.45) is 0 Å². The third-order valence-corrected chi connectivity index (χ3v) is 9.69. The number of aryl methyl sites for hydroxylation is 1. The normalized spacial score (nSPS) is 12.0. The highest BCUT2D eigenvalue weighted by Gasteiger charge is 2.34. The van der Waals surface area contributed by atoms with Crippen LogP contribution in [0.5, 0.6) is 11.5 Å². The van der Waals surface area contributed by atoms with Gasteiger partial charge < -0.3 is 15.0 Å². The predicted octanol–water partition coefficient (Wildman–Crippen LogP) is 7.62. The van der Waals surface area contributed by atoms with Gasteiger partial charge in [-0.1, -0.05) is 72.1 Å². The number of nitrogens with zero attached hydrogens (tertiary/aromatic N) is 2. The lowest BCUT2D eigenvalue weighted by Gasteiger charge is -2.34. The van der Waals surface area contributed by atoms with Gasteiger partial charge in [-0.25, -0.2) is 8.42 Å². The van der Waals surface area contributed by atoms with Crippen LogP contribution in [0.3, 0.4) is 0 Å². The average Bonchev–Trinajstić information content (AvgIpc) is 3.02. The molecule has 4 aromatic carbocycles. The Labute approximate surface area is 280 Å². The number of benzene rings is 4. The van der Waals surface area contributed by atoms with Crippen LogP contribution in [0.25, 0.3) is 0 Å². The van der Waals surface area contributed by atoms with E-state index in [-0.39, 0.29) is 35.5 Å². The molecule has 2 amide bonds. The van der Waals surface area contributed by atoms with Crippen LogP contribution >= 0.6 is 23.2 Å². The summed E-state index contributed by atoms with van der Waals surface area (Å²) in [6.45, 7) is 6.58. The minimum Gasteiger partial charge on any atom is -0.457 e. The second-order valence-electron chi connectivity index (χ2n) is 11.0. The molecular formula is C35H37Cl2N3O5S. The number of ether oxygens (including phenoxy) is 1. The number of rotatable bonds is 13.